The van der Waals surface area contributed by atoms with E-state index in [1.807, 2.05) is 0 Å². The molecule has 1 saturated carbocycles. The summed E-state index contributed by atoms with van der Waals surface area (Å²) in [5, 5.41) is 9.71. The van der Waals surface area contributed by atoms with E-state index in [-0.39, 0.29) is 6.10 Å². The van der Waals surface area contributed by atoms with Crippen LogP contribution >= 0.6 is 0 Å². The van der Waals surface area contributed by atoms with Gasteiger partial charge >= 0.3 is 0 Å². The molecule has 2 fully saturated rings. The number of hydrogen-bond donors (Lipinski definition) is 1. The van der Waals surface area contributed by atoms with Crippen molar-refractivity contribution in [3.8, 4) is 0 Å². The Morgan fingerprint density at radius 2 is 2.09 bits per heavy atom. The average molecular weight is 155 g/mol. The molecule has 11 heavy (non-hydrogen) atoms. The van der Waals surface area contributed by atoms with Crippen molar-refractivity contribution < 1.29 is 5.11 Å². The first-order valence-corrected chi connectivity index (χ1v) is 4.67. The predicted octanol–water partition coefficient (Wildman–Crippen LogP) is 0.851. The minimum absolute atomic E-state index is 0.0405. The fraction of sp³-hybridized carbons (Fsp3) is 1.00. The lowest BCUT2D eigenvalue weighted by Gasteiger charge is -2.33. The Bertz CT molecular complexity index is 146. The highest BCUT2D eigenvalue weighted by Crippen LogP contribution is 2.35. The third-order valence-corrected chi connectivity index (χ3v) is 3.31. The number of nitrogens with zero attached hydrogens (tertiary/aromatic N) is 1. The molecule has 1 aliphatic carbocycles. The summed E-state index contributed by atoms with van der Waals surface area (Å²) in [7, 11) is 2.14. The van der Waals surface area contributed by atoms with E-state index < -0.39 is 0 Å². The van der Waals surface area contributed by atoms with Crippen molar-refractivity contribution in [2.24, 2.45) is 5.92 Å². The summed E-state index contributed by atoms with van der Waals surface area (Å²) >= 11 is 0. The Hall–Kier alpha value is -0.0800. The van der Waals surface area contributed by atoms with Gasteiger partial charge in [-0.15, -0.1) is 0 Å². The maximum atomic E-state index is 9.71. The van der Waals surface area contributed by atoms with Gasteiger partial charge in [0.2, 0.25) is 0 Å². The second-order valence-corrected chi connectivity index (χ2v) is 4.02. The molecule has 3 atom stereocenters. The molecule has 1 heterocycles. The Balaban J connectivity index is 2.08. The van der Waals surface area contributed by atoms with E-state index in [0.29, 0.717) is 6.04 Å². The summed E-state index contributed by atoms with van der Waals surface area (Å²) in [5.41, 5.74) is 0. The zero-order valence-electron chi connectivity index (χ0n) is 7.16. The van der Waals surface area contributed by atoms with Crippen LogP contribution in [0, 0.1) is 5.92 Å². The molecule has 1 N–H and O–H groups in total. The van der Waals surface area contributed by atoms with Crippen LogP contribution in [0.5, 0.6) is 0 Å². The number of aliphatic hydroxyl groups is 1. The molecule has 0 aromatic carbocycles. The molecule has 0 unspecified atom stereocenters. The molecule has 0 aromatic heterocycles. The van der Waals surface area contributed by atoms with Gasteiger partial charge in [-0.1, -0.05) is 6.42 Å². The number of likely N-dealkylation sites (N-methyl/N-ethyl adjacent to an activating group) is 1. The number of aliphatic hydroxyl groups excluding tert-OH is 1. The number of likely N-dealkylation sites (tertiary alicyclic amines) is 1. The fourth-order valence-corrected chi connectivity index (χ4v) is 2.73. The first-order valence-electron chi connectivity index (χ1n) is 4.67. The van der Waals surface area contributed by atoms with Crippen molar-refractivity contribution >= 4 is 0 Å². The van der Waals surface area contributed by atoms with Gasteiger partial charge in [0, 0.05) is 6.04 Å². The highest BCUT2D eigenvalue weighted by Gasteiger charge is 2.38. The van der Waals surface area contributed by atoms with Crippen LogP contribution in [-0.2, 0) is 0 Å². The van der Waals surface area contributed by atoms with Crippen LogP contribution in [0.25, 0.3) is 0 Å². The molecular weight excluding hydrogens is 138 g/mol. The standard InChI is InChI=1S/C9H17NO/c1-10-6-5-7-3-2-4-8(11)9(7)10/h7-9,11H,2-6H2,1H3/t7-,8+,9+/m1/s1. The maximum absolute atomic E-state index is 9.71. The summed E-state index contributed by atoms with van der Waals surface area (Å²) in [5.74, 6) is 0.795. The molecule has 0 amide bonds. The first-order chi connectivity index (χ1) is 5.29. The van der Waals surface area contributed by atoms with Crippen LogP contribution in [0.2, 0.25) is 0 Å². The molecular formula is C9H17NO. The predicted molar refractivity (Wildman–Crippen MR) is 44.4 cm³/mol. The van der Waals surface area contributed by atoms with Crippen molar-refractivity contribution in [1.29, 1.82) is 0 Å². The minimum Gasteiger partial charge on any atom is -0.391 e. The maximum Gasteiger partial charge on any atom is 0.0698 e. The van der Waals surface area contributed by atoms with E-state index in [1.54, 1.807) is 0 Å². The van der Waals surface area contributed by atoms with Gasteiger partial charge in [-0.2, -0.15) is 0 Å². The van der Waals surface area contributed by atoms with E-state index in [9.17, 15) is 5.11 Å². The molecule has 1 aliphatic heterocycles. The summed E-state index contributed by atoms with van der Waals surface area (Å²) in [6.45, 7) is 1.19. The van der Waals surface area contributed by atoms with Crippen LogP contribution in [-0.4, -0.2) is 35.7 Å². The van der Waals surface area contributed by atoms with E-state index >= 15 is 0 Å². The Kier molecular flexibility index (Phi) is 1.90. The van der Waals surface area contributed by atoms with Crippen molar-refractivity contribution in [2.45, 2.75) is 37.8 Å². The fourth-order valence-electron chi connectivity index (χ4n) is 2.73. The minimum atomic E-state index is -0.0405. The van der Waals surface area contributed by atoms with Crippen molar-refractivity contribution in [1.82, 2.24) is 4.90 Å². The van der Waals surface area contributed by atoms with Gasteiger partial charge < -0.3 is 10.0 Å². The zero-order chi connectivity index (χ0) is 7.84. The molecule has 64 valence electrons. The summed E-state index contributed by atoms with van der Waals surface area (Å²) in [6, 6.07) is 0.490. The monoisotopic (exact) mass is 155 g/mol. The Morgan fingerprint density at radius 1 is 1.27 bits per heavy atom. The SMILES string of the molecule is CN1CC[C@H]2CCC[C@H](O)[C@H]21. The number of fused-ring (bicyclic) bond motifs is 1. The van der Waals surface area contributed by atoms with Gasteiger partial charge in [0.05, 0.1) is 6.10 Å². The van der Waals surface area contributed by atoms with Crippen LogP contribution in [0.3, 0.4) is 0 Å². The second kappa shape index (κ2) is 2.76. The van der Waals surface area contributed by atoms with E-state index in [1.165, 1.54) is 25.8 Å². The highest BCUT2D eigenvalue weighted by atomic mass is 16.3. The Labute approximate surface area is 68.2 Å². The molecule has 0 radical (unpaired) electrons. The van der Waals surface area contributed by atoms with Crippen LogP contribution < -0.4 is 0 Å². The average Bonchev–Trinajstić information content (AvgIpc) is 2.34. The molecule has 0 bridgehead atoms. The molecule has 0 spiro atoms. The second-order valence-electron chi connectivity index (χ2n) is 4.02. The number of hydrogen-bond acceptors (Lipinski definition) is 2. The number of rotatable bonds is 0. The van der Waals surface area contributed by atoms with Crippen molar-refractivity contribution in [3.63, 3.8) is 0 Å². The normalized spacial score (nSPS) is 45.8. The molecule has 2 heteroatoms. The summed E-state index contributed by atoms with van der Waals surface area (Å²) < 4.78 is 0. The Morgan fingerprint density at radius 3 is 2.82 bits per heavy atom. The lowest BCUT2D eigenvalue weighted by atomic mass is 9.83. The summed E-state index contributed by atoms with van der Waals surface area (Å²) in [4.78, 5) is 2.33. The van der Waals surface area contributed by atoms with Gasteiger partial charge in [-0.25, -0.2) is 0 Å². The smallest absolute Gasteiger partial charge is 0.0698 e. The molecule has 2 rings (SSSR count). The third kappa shape index (κ3) is 1.18. The molecule has 1 saturated heterocycles. The third-order valence-electron chi connectivity index (χ3n) is 3.31. The van der Waals surface area contributed by atoms with Gasteiger partial charge in [-0.05, 0) is 38.8 Å². The van der Waals surface area contributed by atoms with Crippen LogP contribution in [0.1, 0.15) is 25.7 Å². The first kappa shape index (κ1) is 7.56. The molecule has 2 aliphatic rings. The quantitative estimate of drug-likeness (QED) is 0.560. The van der Waals surface area contributed by atoms with E-state index in [2.05, 4.69) is 11.9 Å². The van der Waals surface area contributed by atoms with Crippen LogP contribution in [0.4, 0.5) is 0 Å². The van der Waals surface area contributed by atoms with E-state index in [0.717, 1.165) is 12.3 Å². The zero-order valence-corrected chi connectivity index (χ0v) is 7.16. The molecule has 0 aromatic rings. The van der Waals surface area contributed by atoms with E-state index in [4.69, 9.17) is 0 Å². The van der Waals surface area contributed by atoms with Gasteiger partial charge in [0.1, 0.15) is 0 Å². The van der Waals surface area contributed by atoms with Gasteiger partial charge in [-0.3, -0.25) is 0 Å². The van der Waals surface area contributed by atoms with Gasteiger partial charge in [0.25, 0.3) is 0 Å². The van der Waals surface area contributed by atoms with Crippen molar-refractivity contribution in [3.05, 3.63) is 0 Å². The summed E-state index contributed by atoms with van der Waals surface area (Å²) in [6.07, 6.45) is 4.85. The lowest BCUT2D eigenvalue weighted by Crippen LogP contribution is -2.42. The largest absolute Gasteiger partial charge is 0.391 e. The highest BCUT2D eigenvalue weighted by molar-refractivity contribution is 4.93. The van der Waals surface area contributed by atoms with Crippen molar-refractivity contribution in [2.75, 3.05) is 13.6 Å². The van der Waals surface area contributed by atoms with Gasteiger partial charge in [0.15, 0.2) is 0 Å². The molecule has 2 nitrogen and oxygen atoms in total. The van der Waals surface area contributed by atoms with Crippen LogP contribution in [0.15, 0.2) is 0 Å². The topological polar surface area (TPSA) is 23.5 Å². The lowest BCUT2D eigenvalue weighted by molar-refractivity contribution is 0.0340.